The highest BCUT2D eigenvalue weighted by Crippen LogP contribution is 2.40. The summed E-state index contributed by atoms with van der Waals surface area (Å²) in [6, 6.07) is 5.59. The molecule has 2 amide bonds. The molecular formula is C30H39N3O8S. The summed E-state index contributed by atoms with van der Waals surface area (Å²) in [5.74, 6) is -0.986. The van der Waals surface area contributed by atoms with Gasteiger partial charge in [-0.2, -0.15) is 0 Å². The second kappa shape index (κ2) is 13.5. The number of fused-ring (bicyclic) bond motifs is 1. The van der Waals surface area contributed by atoms with E-state index < -0.39 is 33.9 Å². The maximum atomic E-state index is 13.1. The van der Waals surface area contributed by atoms with Gasteiger partial charge in [-0.1, -0.05) is 31.1 Å². The van der Waals surface area contributed by atoms with Crippen LogP contribution in [0.5, 0.6) is 11.6 Å². The number of rotatable bonds is 15. The van der Waals surface area contributed by atoms with Gasteiger partial charge in [0, 0.05) is 30.6 Å². The van der Waals surface area contributed by atoms with Gasteiger partial charge in [0.25, 0.3) is 0 Å². The van der Waals surface area contributed by atoms with E-state index in [4.69, 9.17) is 20.3 Å². The summed E-state index contributed by atoms with van der Waals surface area (Å²) in [4.78, 5) is 42.1. The lowest BCUT2D eigenvalue weighted by molar-refractivity contribution is -0.138. The van der Waals surface area contributed by atoms with Gasteiger partial charge in [0.15, 0.2) is 9.84 Å². The summed E-state index contributed by atoms with van der Waals surface area (Å²) < 4.78 is 36.6. The Morgan fingerprint density at radius 3 is 2.60 bits per heavy atom. The van der Waals surface area contributed by atoms with Crippen LogP contribution in [0.15, 0.2) is 41.3 Å². The molecule has 1 saturated heterocycles. The average Bonchev–Trinajstić information content (AvgIpc) is 3.59. The van der Waals surface area contributed by atoms with Crippen molar-refractivity contribution in [1.29, 1.82) is 0 Å². The molecular weight excluding hydrogens is 562 g/mol. The number of pyridine rings is 1. The molecule has 11 nitrogen and oxygen atoms in total. The lowest BCUT2D eigenvalue weighted by atomic mass is 10.1. The third kappa shape index (κ3) is 7.78. The Morgan fingerprint density at radius 1 is 1.17 bits per heavy atom. The highest BCUT2D eigenvalue weighted by atomic mass is 32.2. The van der Waals surface area contributed by atoms with Crippen LogP contribution in [0.3, 0.4) is 0 Å². The molecule has 228 valence electrons. The number of carbonyl (C=O) groups is 3. The van der Waals surface area contributed by atoms with Gasteiger partial charge < -0.3 is 25.2 Å². The van der Waals surface area contributed by atoms with Gasteiger partial charge in [-0.25, -0.2) is 13.4 Å². The first-order valence-corrected chi connectivity index (χ1v) is 16.3. The predicted molar refractivity (Wildman–Crippen MR) is 156 cm³/mol. The van der Waals surface area contributed by atoms with Gasteiger partial charge in [-0.15, -0.1) is 0 Å². The zero-order valence-corrected chi connectivity index (χ0v) is 24.8. The van der Waals surface area contributed by atoms with E-state index in [9.17, 15) is 22.8 Å². The topological polar surface area (TPSA) is 166 Å². The van der Waals surface area contributed by atoms with E-state index >= 15 is 0 Å². The number of ether oxygens (including phenoxy) is 2. The van der Waals surface area contributed by atoms with Gasteiger partial charge in [0.05, 0.1) is 29.5 Å². The van der Waals surface area contributed by atoms with Crippen LogP contribution in [0.1, 0.15) is 58.3 Å². The lowest BCUT2D eigenvalue weighted by Crippen LogP contribution is -2.43. The van der Waals surface area contributed by atoms with Crippen molar-refractivity contribution >= 4 is 38.5 Å². The van der Waals surface area contributed by atoms with E-state index in [0.717, 1.165) is 38.4 Å². The fraction of sp³-hybridized carbons (Fsp3) is 0.533. The Morgan fingerprint density at radius 2 is 1.93 bits per heavy atom. The number of hydrogen-bond acceptors (Lipinski definition) is 8. The van der Waals surface area contributed by atoms with Crippen LogP contribution >= 0.6 is 0 Å². The molecule has 1 aromatic carbocycles. The third-order valence-corrected chi connectivity index (χ3v) is 8.82. The number of carboxylic acid groups (broad SMARTS) is 1. The smallest absolute Gasteiger partial charge is 0.307 e. The van der Waals surface area contributed by atoms with Crippen molar-refractivity contribution in [3.63, 3.8) is 0 Å². The molecule has 3 N–H and O–H groups in total. The fourth-order valence-electron chi connectivity index (χ4n) is 5.41. The number of unbranched alkanes of at least 4 members (excludes halogenated alkanes) is 4. The number of aliphatic carboxylic acids is 1. The van der Waals surface area contributed by atoms with E-state index in [1.807, 2.05) is 12.2 Å². The number of allylic oxidation sites excluding steroid dienone is 2. The zero-order chi connectivity index (χ0) is 30.4. The van der Waals surface area contributed by atoms with Crippen LogP contribution in [0.25, 0.3) is 10.9 Å². The van der Waals surface area contributed by atoms with Gasteiger partial charge in [-0.05, 0) is 50.7 Å². The summed E-state index contributed by atoms with van der Waals surface area (Å²) in [6.07, 6.45) is 10.2. The lowest BCUT2D eigenvalue weighted by Gasteiger charge is -2.22. The highest BCUT2D eigenvalue weighted by molar-refractivity contribution is 7.91. The largest absolute Gasteiger partial charge is 0.488 e. The van der Waals surface area contributed by atoms with Gasteiger partial charge >= 0.3 is 5.97 Å². The minimum Gasteiger partial charge on any atom is -0.488 e. The first-order chi connectivity index (χ1) is 20.0. The summed E-state index contributed by atoms with van der Waals surface area (Å²) in [5.41, 5.74) is 5.88. The molecule has 0 spiro atoms. The second-order valence-electron chi connectivity index (χ2n) is 11.0. The summed E-state index contributed by atoms with van der Waals surface area (Å²) >= 11 is 0. The molecule has 1 aliphatic carbocycles. The number of nitrogens with two attached hydrogens (primary N) is 1. The molecule has 2 fully saturated rings. The maximum Gasteiger partial charge on any atom is 0.307 e. The van der Waals surface area contributed by atoms with Crippen molar-refractivity contribution < 1.29 is 37.4 Å². The Balaban J connectivity index is 1.34. The molecule has 0 unspecified atom stereocenters. The number of benzene rings is 1. The number of likely N-dealkylation sites (tertiary alicyclic amines) is 1. The van der Waals surface area contributed by atoms with Crippen LogP contribution < -0.4 is 15.2 Å². The average molecular weight is 602 g/mol. The van der Waals surface area contributed by atoms with Crippen molar-refractivity contribution in [2.45, 2.75) is 75.3 Å². The van der Waals surface area contributed by atoms with E-state index in [1.165, 1.54) is 11.0 Å². The third-order valence-electron chi connectivity index (χ3n) is 7.69. The number of para-hydroxylation sites is 1. The van der Waals surface area contributed by atoms with Crippen LogP contribution in [-0.4, -0.2) is 72.7 Å². The van der Waals surface area contributed by atoms with Gasteiger partial charge in [-0.3, -0.25) is 14.4 Å². The van der Waals surface area contributed by atoms with Crippen molar-refractivity contribution in [3.05, 3.63) is 36.4 Å². The molecule has 4 rings (SSSR count). The number of nitrogens with zero attached hydrogens (tertiary/aromatic N) is 2. The molecule has 42 heavy (non-hydrogen) atoms. The number of amides is 2. The fourth-order valence-corrected chi connectivity index (χ4v) is 6.25. The van der Waals surface area contributed by atoms with Crippen LogP contribution in [0, 0.1) is 11.8 Å². The first kappa shape index (κ1) is 31.3. The van der Waals surface area contributed by atoms with Gasteiger partial charge in [0.1, 0.15) is 17.9 Å². The number of aromatic nitrogens is 1. The number of carboxylic acids is 1. The van der Waals surface area contributed by atoms with E-state index in [0.29, 0.717) is 30.6 Å². The Hall–Kier alpha value is -3.67. The second-order valence-corrected chi connectivity index (χ2v) is 13.0. The maximum absolute atomic E-state index is 13.1. The zero-order valence-electron chi connectivity index (χ0n) is 24.0. The predicted octanol–water partition coefficient (Wildman–Crippen LogP) is 3.49. The molecule has 1 saturated carbocycles. The number of primary amides is 1. The van der Waals surface area contributed by atoms with Crippen molar-refractivity contribution in [3.8, 4) is 11.6 Å². The minimum atomic E-state index is -3.58. The molecule has 0 radical (unpaired) electrons. The Labute approximate surface area is 246 Å². The van der Waals surface area contributed by atoms with E-state index in [1.54, 1.807) is 25.1 Å². The van der Waals surface area contributed by atoms with Crippen LogP contribution in [0.2, 0.25) is 0 Å². The first-order valence-electron chi connectivity index (χ1n) is 14.4. The SMILES string of the molecule is CCOc1cc(O[C@@H]2C[C@@H](C(N)=O)N(C(=O)CCCCCC/C=C\[C@@H]3C[C@@H]3C(=O)O)C2)c2cccc(S(C)(=O)=O)c2n1. The van der Waals surface area contributed by atoms with Crippen molar-refractivity contribution in [1.82, 2.24) is 9.88 Å². The molecule has 2 aliphatic rings. The standard InChI is InChI=1S/C30H39N3O8S/c1-3-40-26-17-24(21-12-10-13-25(28(21)32-26)42(2,38)39)41-20-16-23(29(31)35)33(18-20)27(34)14-9-7-5-4-6-8-11-19-15-22(19)30(36)37/h8,10-13,17,19-20,22-23H,3-7,9,14-16,18H2,1-2H3,(H2,31,35)(H,36,37)/b11-8-/t19-,20-,22+,23+/m1/s1. The number of carbonyl (C=O) groups excluding carboxylic acids is 2. The molecule has 1 aliphatic heterocycles. The summed E-state index contributed by atoms with van der Waals surface area (Å²) in [7, 11) is -3.58. The number of hydrogen-bond donors (Lipinski definition) is 2. The van der Waals surface area contributed by atoms with Crippen molar-refractivity contribution in [2.75, 3.05) is 19.4 Å². The molecule has 2 aromatic rings. The number of sulfone groups is 1. The Kier molecular flexibility index (Phi) is 10.1. The summed E-state index contributed by atoms with van der Waals surface area (Å²) in [6.45, 7) is 2.28. The van der Waals surface area contributed by atoms with Crippen molar-refractivity contribution in [2.24, 2.45) is 17.6 Å². The molecule has 1 aromatic heterocycles. The Bertz CT molecular complexity index is 1460. The molecule has 2 heterocycles. The normalized spacial score (nSPS) is 22.0. The summed E-state index contributed by atoms with van der Waals surface area (Å²) in [5, 5.41) is 9.43. The molecule has 0 bridgehead atoms. The quantitative estimate of drug-likeness (QED) is 0.229. The van der Waals surface area contributed by atoms with Gasteiger partial charge in [0.2, 0.25) is 17.7 Å². The van der Waals surface area contributed by atoms with Crippen LogP contribution in [-0.2, 0) is 24.2 Å². The minimum absolute atomic E-state index is 0.0513. The molecule has 4 atom stereocenters. The molecule has 12 heteroatoms. The highest BCUT2D eigenvalue weighted by Gasteiger charge is 2.41. The monoisotopic (exact) mass is 601 g/mol. The van der Waals surface area contributed by atoms with Crippen LogP contribution in [0.4, 0.5) is 0 Å². The van der Waals surface area contributed by atoms with E-state index in [2.05, 4.69) is 4.98 Å². The van der Waals surface area contributed by atoms with E-state index in [-0.39, 0.29) is 47.0 Å².